The summed E-state index contributed by atoms with van der Waals surface area (Å²) in [6, 6.07) is 12.4. The second kappa shape index (κ2) is 8.79. The molecule has 0 amide bonds. The maximum absolute atomic E-state index is 13.2. The standard InChI is InChI=1S/C25H25N3O5/c1-31-15-8-10-21(32-2)18(12-15)28-17-5-4-6-19(29)24(17)23(16(13-26)25(28)27)14-7-9-22(33-3)20(30)11-14/h7-12,23,30H,4-6,27H2,1-3H3. The number of ketones is 1. The van der Waals surface area contributed by atoms with Gasteiger partial charge in [-0.05, 0) is 42.7 Å². The first kappa shape index (κ1) is 22.1. The number of hydrogen-bond donors (Lipinski definition) is 2. The summed E-state index contributed by atoms with van der Waals surface area (Å²) < 4.78 is 16.1. The van der Waals surface area contributed by atoms with Crippen LogP contribution in [0.15, 0.2) is 59.1 Å². The summed E-state index contributed by atoms with van der Waals surface area (Å²) in [6.07, 6.45) is 1.63. The van der Waals surface area contributed by atoms with E-state index in [9.17, 15) is 15.2 Å². The predicted molar refractivity (Wildman–Crippen MR) is 122 cm³/mol. The number of benzene rings is 2. The fourth-order valence-electron chi connectivity index (χ4n) is 4.55. The number of hydrogen-bond acceptors (Lipinski definition) is 8. The number of methoxy groups -OCH3 is 3. The fraction of sp³-hybridized carbons (Fsp3) is 0.280. The van der Waals surface area contributed by atoms with Gasteiger partial charge in [0.1, 0.15) is 17.3 Å². The topological polar surface area (TPSA) is 118 Å². The number of allylic oxidation sites excluding steroid dienone is 3. The molecule has 0 spiro atoms. The summed E-state index contributed by atoms with van der Waals surface area (Å²) in [4.78, 5) is 15.0. The van der Waals surface area contributed by atoms with Gasteiger partial charge in [-0.1, -0.05) is 6.07 Å². The molecule has 33 heavy (non-hydrogen) atoms. The maximum Gasteiger partial charge on any atom is 0.161 e. The van der Waals surface area contributed by atoms with Crippen LogP contribution < -0.4 is 24.8 Å². The number of anilines is 1. The number of rotatable bonds is 5. The highest BCUT2D eigenvalue weighted by atomic mass is 16.5. The van der Waals surface area contributed by atoms with E-state index in [-0.39, 0.29) is 22.9 Å². The molecule has 1 unspecified atom stereocenters. The van der Waals surface area contributed by atoms with Crippen LogP contribution in [0.1, 0.15) is 30.7 Å². The monoisotopic (exact) mass is 447 g/mol. The van der Waals surface area contributed by atoms with Crippen molar-refractivity contribution in [2.45, 2.75) is 25.2 Å². The number of phenols is 1. The van der Waals surface area contributed by atoms with E-state index in [1.807, 2.05) is 0 Å². The van der Waals surface area contributed by atoms with Crippen LogP contribution in [0.3, 0.4) is 0 Å². The molecule has 2 aliphatic rings. The minimum absolute atomic E-state index is 0.0522. The molecule has 4 rings (SSSR count). The Morgan fingerprint density at radius 1 is 1.06 bits per heavy atom. The fourth-order valence-corrected chi connectivity index (χ4v) is 4.55. The van der Waals surface area contributed by atoms with Crippen molar-refractivity contribution in [3.05, 3.63) is 64.6 Å². The Kier molecular flexibility index (Phi) is 5.88. The molecule has 0 saturated heterocycles. The van der Waals surface area contributed by atoms with E-state index in [0.717, 1.165) is 5.70 Å². The van der Waals surface area contributed by atoms with Crippen LogP contribution in [-0.4, -0.2) is 32.2 Å². The van der Waals surface area contributed by atoms with Gasteiger partial charge < -0.3 is 25.1 Å². The Morgan fingerprint density at radius 2 is 1.79 bits per heavy atom. The van der Waals surface area contributed by atoms with Crippen molar-refractivity contribution >= 4 is 11.5 Å². The lowest BCUT2D eigenvalue weighted by molar-refractivity contribution is -0.116. The van der Waals surface area contributed by atoms with Crippen LogP contribution in [0.2, 0.25) is 0 Å². The molecule has 1 atom stereocenters. The molecule has 0 radical (unpaired) electrons. The molecule has 0 fully saturated rings. The van der Waals surface area contributed by atoms with Gasteiger partial charge in [0.2, 0.25) is 0 Å². The largest absolute Gasteiger partial charge is 0.504 e. The zero-order valence-electron chi connectivity index (χ0n) is 18.7. The van der Waals surface area contributed by atoms with Gasteiger partial charge in [-0.2, -0.15) is 5.26 Å². The average Bonchev–Trinajstić information content (AvgIpc) is 2.83. The molecule has 1 aliphatic carbocycles. The lowest BCUT2D eigenvalue weighted by Crippen LogP contribution is -2.38. The normalized spacial score (nSPS) is 18.1. The van der Waals surface area contributed by atoms with Crippen LogP contribution in [0, 0.1) is 11.3 Å². The van der Waals surface area contributed by atoms with Crippen LogP contribution in [-0.2, 0) is 4.79 Å². The van der Waals surface area contributed by atoms with Crippen molar-refractivity contribution in [3.63, 3.8) is 0 Å². The maximum atomic E-state index is 13.2. The van der Waals surface area contributed by atoms with E-state index in [1.54, 1.807) is 49.5 Å². The van der Waals surface area contributed by atoms with E-state index in [0.29, 0.717) is 53.3 Å². The van der Waals surface area contributed by atoms with Crippen molar-refractivity contribution in [1.29, 1.82) is 5.26 Å². The van der Waals surface area contributed by atoms with Crippen molar-refractivity contribution in [2.75, 3.05) is 26.2 Å². The molecule has 8 nitrogen and oxygen atoms in total. The zero-order valence-corrected chi connectivity index (χ0v) is 18.7. The lowest BCUT2D eigenvalue weighted by atomic mass is 9.75. The van der Waals surface area contributed by atoms with Gasteiger partial charge in [0.05, 0.1) is 44.6 Å². The number of carbonyl (C=O) groups is 1. The summed E-state index contributed by atoms with van der Waals surface area (Å²) in [6.45, 7) is 0. The van der Waals surface area contributed by atoms with Crippen LogP contribution in [0.25, 0.3) is 0 Å². The van der Waals surface area contributed by atoms with E-state index in [1.165, 1.54) is 13.2 Å². The van der Waals surface area contributed by atoms with Crippen molar-refractivity contribution < 1.29 is 24.1 Å². The van der Waals surface area contributed by atoms with Gasteiger partial charge in [-0.25, -0.2) is 0 Å². The minimum atomic E-state index is -0.692. The molecular weight excluding hydrogens is 422 g/mol. The van der Waals surface area contributed by atoms with E-state index >= 15 is 0 Å². The number of carbonyl (C=O) groups excluding carboxylic acids is 1. The van der Waals surface area contributed by atoms with Gasteiger partial charge in [0.15, 0.2) is 17.3 Å². The summed E-state index contributed by atoms with van der Waals surface area (Å²) in [7, 11) is 4.56. The Balaban J connectivity index is 1.98. The molecule has 2 aromatic carbocycles. The summed E-state index contributed by atoms with van der Waals surface area (Å²) in [5, 5.41) is 20.5. The first-order valence-corrected chi connectivity index (χ1v) is 10.5. The number of nitrogens with two attached hydrogens (primary N) is 1. The summed E-state index contributed by atoms with van der Waals surface area (Å²) >= 11 is 0. The third kappa shape index (κ3) is 3.61. The highest BCUT2D eigenvalue weighted by Crippen LogP contribution is 2.49. The third-order valence-corrected chi connectivity index (χ3v) is 6.08. The second-order valence-electron chi connectivity index (χ2n) is 7.79. The summed E-state index contributed by atoms with van der Waals surface area (Å²) in [5.41, 5.74) is 9.22. The number of ether oxygens (including phenoxy) is 3. The van der Waals surface area contributed by atoms with Gasteiger partial charge >= 0.3 is 0 Å². The highest BCUT2D eigenvalue weighted by Gasteiger charge is 2.41. The Morgan fingerprint density at radius 3 is 2.42 bits per heavy atom. The van der Waals surface area contributed by atoms with Gasteiger partial charge in [0, 0.05) is 23.8 Å². The summed E-state index contributed by atoms with van der Waals surface area (Å²) in [5.74, 6) is 0.805. The number of nitriles is 1. The first-order valence-electron chi connectivity index (χ1n) is 10.5. The average molecular weight is 447 g/mol. The molecule has 8 heteroatoms. The van der Waals surface area contributed by atoms with Crippen molar-refractivity contribution in [1.82, 2.24) is 0 Å². The van der Waals surface area contributed by atoms with Crippen molar-refractivity contribution in [3.8, 4) is 29.1 Å². The van der Waals surface area contributed by atoms with Crippen LogP contribution in [0.4, 0.5) is 5.69 Å². The Labute approximate surface area is 192 Å². The smallest absolute Gasteiger partial charge is 0.161 e. The van der Waals surface area contributed by atoms with Gasteiger partial charge in [0.25, 0.3) is 0 Å². The highest BCUT2D eigenvalue weighted by molar-refractivity contribution is 6.01. The number of aromatic hydroxyl groups is 1. The SMILES string of the molecule is COc1ccc(OC)c(N2C(N)=C(C#N)C(c3ccc(OC)c(O)c3)C3=C2CCCC3=O)c1. The molecule has 170 valence electrons. The number of nitrogens with zero attached hydrogens (tertiary/aromatic N) is 2. The molecule has 1 heterocycles. The van der Waals surface area contributed by atoms with Crippen LogP contribution >= 0.6 is 0 Å². The molecule has 0 bridgehead atoms. The number of phenolic OH excluding ortho intramolecular Hbond substituents is 1. The molecule has 0 aromatic heterocycles. The molecule has 2 aromatic rings. The van der Waals surface area contributed by atoms with Gasteiger partial charge in [-0.3, -0.25) is 9.69 Å². The zero-order chi connectivity index (χ0) is 23.7. The Bertz CT molecular complexity index is 1230. The molecular formula is C25H25N3O5. The first-order chi connectivity index (χ1) is 15.9. The quantitative estimate of drug-likeness (QED) is 0.712. The van der Waals surface area contributed by atoms with E-state index in [4.69, 9.17) is 19.9 Å². The third-order valence-electron chi connectivity index (χ3n) is 6.08. The van der Waals surface area contributed by atoms with Crippen LogP contribution in [0.5, 0.6) is 23.0 Å². The van der Waals surface area contributed by atoms with Gasteiger partial charge in [-0.15, -0.1) is 0 Å². The minimum Gasteiger partial charge on any atom is -0.504 e. The van der Waals surface area contributed by atoms with E-state index < -0.39 is 5.92 Å². The predicted octanol–water partition coefficient (Wildman–Crippen LogP) is 3.72. The molecule has 3 N–H and O–H groups in total. The second-order valence-corrected chi connectivity index (χ2v) is 7.79. The molecule has 0 saturated carbocycles. The number of Topliss-reactive ketones (excluding diaryl/α,β-unsaturated/α-hetero) is 1. The lowest BCUT2D eigenvalue weighted by Gasteiger charge is -2.40. The Hall–Kier alpha value is -4.12. The molecule has 1 aliphatic heterocycles. The van der Waals surface area contributed by atoms with E-state index in [2.05, 4.69) is 6.07 Å². The van der Waals surface area contributed by atoms with Crippen molar-refractivity contribution in [2.24, 2.45) is 5.73 Å².